The smallest absolute Gasteiger partial charge is 0.142 e. The molecule has 0 amide bonds. The highest BCUT2D eigenvalue weighted by Crippen LogP contribution is 2.25. The zero-order valence-electron chi connectivity index (χ0n) is 8.83. The highest BCUT2D eigenvalue weighted by Gasteiger charge is 2.05. The molecule has 0 saturated carbocycles. The lowest BCUT2D eigenvalue weighted by molar-refractivity contribution is 1.15. The maximum Gasteiger partial charge on any atom is 0.142 e. The summed E-state index contributed by atoms with van der Waals surface area (Å²) in [5.74, 6) is 0.596. The number of nitrogens with one attached hydrogen (secondary N) is 1. The van der Waals surface area contributed by atoms with Crippen LogP contribution < -0.4 is 11.1 Å². The molecule has 0 saturated heterocycles. The quantitative estimate of drug-likeness (QED) is 0.883. The van der Waals surface area contributed by atoms with E-state index in [2.05, 4.69) is 9.69 Å². The molecule has 3 nitrogen and oxygen atoms in total. The standard InChI is InChI=1S/C11H12ClN3S/c1-7-10(13)15-16-11(7)14-6-8-3-2-4-9(12)5-8/h2-5,14H,6H2,1H3,(H2,13,15). The van der Waals surface area contributed by atoms with E-state index in [1.807, 2.05) is 31.2 Å². The Balaban J connectivity index is 2.05. The molecule has 1 heterocycles. The van der Waals surface area contributed by atoms with Crippen LogP contribution in [0.5, 0.6) is 0 Å². The van der Waals surface area contributed by atoms with E-state index in [0.717, 1.165) is 27.7 Å². The molecule has 2 aromatic rings. The topological polar surface area (TPSA) is 50.9 Å². The van der Waals surface area contributed by atoms with Gasteiger partial charge in [-0.05, 0) is 36.2 Å². The Hall–Kier alpha value is -1.26. The lowest BCUT2D eigenvalue weighted by Crippen LogP contribution is -1.99. The van der Waals surface area contributed by atoms with Crippen molar-refractivity contribution < 1.29 is 0 Å². The lowest BCUT2D eigenvalue weighted by atomic mass is 10.2. The first-order chi connectivity index (χ1) is 7.66. The first kappa shape index (κ1) is 11.2. The van der Waals surface area contributed by atoms with Gasteiger partial charge >= 0.3 is 0 Å². The van der Waals surface area contributed by atoms with Crippen molar-refractivity contribution in [3.63, 3.8) is 0 Å². The molecule has 2 rings (SSSR count). The number of halogens is 1. The number of rotatable bonds is 3. The third-order valence-corrected chi connectivity index (χ3v) is 3.46. The van der Waals surface area contributed by atoms with E-state index in [4.69, 9.17) is 17.3 Å². The minimum absolute atomic E-state index is 0.596. The van der Waals surface area contributed by atoms with E-state index in [0.29, 0.717) is 5.82 Å². The molecule has 84 valence electrons. The highest BCUT2D eigenvalue weighted by molar-refractivity contribution is 7.10. The molecule has 16 heavy (non-hydrogen) atoms. The molecule has 0 aliphatic carbocycles. The fraction of sp³-hybridized carbons (Fsp3) is 0.182. The Labute approximate surface area is 103 Å². The van der Waals surface area contributed by atoms with E-state index in [-0.39, 0.29) is 0 Å². The van der Waals surface area contributed by atoms with Gasteiger partial charge in [0.15, 0.2) is 0 Å². The Morgan fingerprint density at radius 1 is 1.50 bits per heavy atom. The van der Waals surface area contributed by atoms with Crippen LogP contribution >= 0.6 is 23.1 Å². The molecule has 0 fully saturated rings. The van der Waals surface area contributed by atoms with E-state index in [9.17, 15) is 0 Å². The molecule has 5 heteroatoms. The summed E-state index contributed by atoms with van der Waals surface area (Å²) in [6.45, 7) is 2.68. The van der Waals surface area contributed by atoms with Gasteiger partial charge < -0.3 is 11.1 Å². The third-order valence-electron chi connectivity index (χ3n) is 2.30. The second kappa shape index (κ2) is 4.72. The number of aromatic nitrogens is 1. The van der Waals surface area contributed by atoms with E-state index in [1.165, 1.54) is 11.5 Å². The van der Waals surface area contributed by atoms with Crippen molar-refractivity contribution in [1.29, 1.82) is 0 Å². The van der Waals surface area contributed by atoms with Crippen molar-refractivity contribution in [2.45, 2.75) is 13.5 Å². The van der Waals surface area contributed by atoms with Crippen molar-refractivity contribution in [3.05, 3.63) is 40.4 Å². The van der Waals surface area contributed by atoms with E-state index in [1.54, 1.807) is 0 Å². The Morgan fingerprint density at radius 3 is 2.94 bits per heavy atom. The SMILES string of the molecule is Cc1c(N)nsc1NCc1cccc(Cl)c1. The summed E-state index contributed by atoms with van der Waals surface area (Å²) in [5.41, 5.74) is 7.82. The monoisotopic (exact) mass is 253 g/mol. The Bertz CT molecular complexity index is 496. The second-order valence-corrected chi connectivity index (χ2v) is 4.72. The molecular weight excluding hydrogens is 242 g/mol. The van der Waals surface area contributed by atoms with Gasteiger partial charge in [0.1, 0.15) is 10.8 Å². The van der Waals surface area contributed by atoms with Gasteiger partial charge in [-0.25, -0.2) is 0 Å². The van der Waals surface area contributed by atoms with Crippen molar-refractivity contribution in [1.82, 2.24) is 4.37 Å². The third kappa shape index (κ3) is 2.46. The highest BCUT2D eigenvalue weighted by atomic mass is 35.5. The molecule has 3 N–H and O–H groups in total. The molecule has 0 aliphatic heterocycles. The van der Waals surface area contributed by atoms with Gasteiger partial charge in [-0.15, -0.1) is 0 Å². The summed E-state index contributed by atoms with van der Waals surface area (Å²) < 4.78 is 4.08. The molecule has 0 bridgehead atoms. The van der Waals surface area contributed by atoms with Gasteiger partial charge in [0.25, 0.3) is 0 Å². The summed E-state index contributed by atoms with van der Waals surface area (Å²) in [5, 5.41) is 5.06. The molecule has 0 spiro atoms. The molecule has 1 aromatic heterocycles. The first-order valence-electron chi connectivity index (χ1n) is 4.87. The van der Waals surface area contributed by atoms with Crippen LogP contribution in [0.25, 0.3) is 0 Å². The van der Waals surface area contributed by atoms with Crippen LogP contribution in [0.1, 0.15) is 11.1 Å². The van der Waals surface area contributed by atoms with E-state index < -0.39 is 0 Å². The van der Waals surface area contributed by atoms with Crippen LogP contribution in [0.15, 0.2) is 24.3 Å². The molecule has 0 unspecified atom stereocenters. The van der Waals surface area contributed by atoms with Crippen molar-refractivity contribution in [3.8, 4) is 0 Å². The summed E-state index contributed by atoms with van der Waals surface area (Å²) in [4.78, 5) is 0. The van der Waals surface area contributed by atoms with Crippen LogP contribution in [-0.4, -0.2) is 4.37 Å². The number of nitrogen functional groups attached to an aromatic ring is 1. The van der Waals surface area contributed by atoms with Gasteiger partial charge in [0, 0.05) is 17.1 Å². The zero-order valence-corrected chi connectivity index (χ0v) is 10.4. The first-order valence-corrected chi connectivity index (χ1v) is 6.02. The number of nitrogens with two attached hydrogens (primary N) is 1. The number of nitrogens with zero attached hydrogens (tertiary/aromatic N) is 1. The van der Waals surface area contributed by atoms with Crippen molar-refractivity contribution in [2.75, 3.05) is 11.1 Å². The van der Waals surface area contributed by atoms with Crippen LogP contribution in [0.4, 0.5) is 10.8 Å². The van der Waals surface area contributed by atoms with Crippen molar-refractivity contribution in [2.24, 2.45) is 0 Å². The summed E-state index contributed by atoms with van der Waals surface area (Å²) in [7, 11) is 0. The molecule has 0 atom stereocenters. The minimum atomic E-state index is 0.596. The predicted molar refractivity (Wildman–Crippen MR) is 70.0 cm³/mol. The maximum atomic E-state index is 5.90. The average Bonchev–Trinajstić information content (AvgIpc) is 2.57. The van der Waals surface area contributed by atoms with Gasteiger partial charge in [-0.1, -0.05) is 23.7 Å². The number of benzene rings is 1. The fourth-order valence-corrected chi connectivity index (χ4v) is 2.26. The Kier molecular flexibility index (Phi) is 3.31. The fourth-order valence-electron chi connectivity index (χ4n) is 1.34. The summed E-state index contributed by atoms with van der Waals surface area (Å²) in [6, 6.07) is 7.76. The number of hydrogen-bond donors (Lipinski definition) is 2. The molecule has 0 radical (unpaired) electrons. The maximum absolute atomic E-state index is 5.90. The van der Waals surface area contributed by atoms with Gasteiger partial charge in [-0.2, -0.15) is 4.37 Å². The average molecular weight is 254 g/mol. The molecule has 0 aliphatic rings. The van der Waals surface area contributed by atoms with Crippen LogP contribution in [0.2, 0.25) is 5.02 Å². The molecule has 1 aromatic carbocycles. The summed E-state index contributed by atoms with van der Waals surface area (Å²) in [6.07, 6.45) is 0. The predicted octanol–water partition coefficient (Wildman–Crippen LogP) is 3.30. The lowest BCUT2D eigenvalue weighted by Gasteiger charge is -2.04. The van der Waals surface area contributed by atoms with Crippen LogP contribution in [0.3, 0.4) is 0 Å². The Morgan fingerprint density at radius 2 is 2.31 bits per heavy atom. The van der Waals surface area contributed by atoms with E-state index >= 15 is 0 Å². The van der Waals surface area contributed by atoms with Crippen LogP contribution in [0, 0.1) is 6.92 Å². The zero-order chi connectivity index (χ0) is 11.5. The minimum Gasteiger partial charge on any atom is -0.383 e. The van der Waals surface area contributed by atoms with Crippen molar-refractivity contribution >= 4 is 34.0 Å². The summed E-state index contributed by atoms with van der Waals surface area (Å²) >= 11 is 7.28. The van der Waals surface area contributed by atoms with Gasteiger partial charge in [0.05, 0.1) is 0 Å². The molecular formula is C11H12ClN3S. The second-order valence-electron chi connectivity index (χ2n) is 3.51. The van der Waals surface area contributed by atoms with Gasteiger partial charge in [-0.3, -0.25) is 0 Å². The number of hydrogen-bond acceptors (Lipinski definition) is 4. The van der Waals surface area contributed by atoms with Gasteiger partial charge in [0.2, 0.25) is 0 Å². The normalized spacial score (nSPS) is 10.4. The number of anilines is 2. The largest absolute Gasteiger partial charge is 0.383 e. The van der Waals surface area contributed by atoms with Crippen LogP contribution in [-0.2, 0) is 6.54 Å².